The van der Waals surface area contributed by atoms with Crippen LogP contribution in [0.1, 0.15) is 52.0 Å². The van der Waals surface area contributed by atoms with Crippen LogP contribution < -0.4 is 14.8 Å². The highest BCUT2D eigenvalue weighted by atomic mass is 35.5. The fourth-order valence-electron chi connectivity index (χ4n) is 3.44. The van der Waals surface area contributed by atoms with Gasteiger partial charge in [0.15, 0.2) is 0 Å². The van der Waals surface area contributed by atoms with E-state index in [-0.39, 0.29) is 30.8 Å². The number of carbonyl (C=O) groups is 2. The molecule has 2 atom stereocenters. The largest absolute Gasteiger partial charge is 0.497 e. The summed E-state index contributed by atoms with van der Waals surface area (Å²) in [5.74, 6) is 1.12. The van der Waals surface area contributed by atoms with Gasteiger partial charge in [-0.3, -0.25) is 9.59 Å². The van der Waals surface area contributed by atoms with Gasteiger partial charge in [0.2, 0.25) is 11.8 Å². The van der Waals surface area contributed by atoms with Crippen molar-refractivity contribution in [3.8, 4) is 11.5 Å². The van der Waals surface area contributed by atoms with Crippen LogP contribution in [0.15, 0.2) is 42.5 Å². The van der Waals surface area contributed by atoms with Crippen LogP contribution in [-0.2, 0) is 16.1 Å². The van der Waals surface area contributed by atoms with Gasteiger partial charge < -0.3 is 19.7 Å². The molecule has 8 heteroatoms. The number of methoxy groups -OCH3 is 1. The zero-order valence-corrected chi connectivity index (χ0v) is 21.8. The third-order valence-corrected chi connectivity index (χ3v) is 6.35. The minimum atomic E-state index is -0.628. The Labute approximate surface area is 212 Å². The molecule has 0 radical (unpaired) electrons. The maximum absolute atomic E-state index is 13.3. The minimum Gasteiger partial charge on any atom is -0.497 e. The lowest BCUT2D eigenvalue weighted by Gasteiger charge is -2.32. The Balaban J connectivity index is 2.11. The van der Waals surface area contributed by atoms with E-state index in [1.807, 2.05) is 45.0 Å². The predicted octanol–water partition coefficient (Wildman–Crippen LogP) is 5.88. The summed E-state index contributed by atoms with van der Waals surface area (Å²) in [7, 11) is 1.61. The molecule has 0 aliphatic heterocycles. The van der Waals surface area contributed by atoms with Gasteiger partial charge in [-0.05, 0) is 62.6 Å². The first-order valence-corrected chi connectivity index (χ1v) is 12.4. The highest BCUT2D eigenvalue weighted by molar-refractivity contribution is 6.36. The normalized spacial score (nSPS) is 12.5. The lowest BCUT2D eigenvalue weighted by molar-refractivity contribution is -0.141. The minimum absolute atomic E-state index is 0.0142. The number of ether oxygens (including phenoxy) is 2. The van der Waals surface area contributed by atoms with E-state index in [0.29, 0.717) is 40.8 Å². The molecule has 1 N–H and O–H groups in total. The molecule has 0 bridgehead atoms. The van der Waals surface area contributed by atoms with Crippen molar-refractivity contribution >= 4 is 35.0 Å². The van der Waals surface area contributed by atoms with Crippen LogP contribution >= 0.6 is 23.2 Å². The Bertz CT molecular complexity index is 917. The van der Waals surface area contributed by atoms with Gasteiger partial charge in [0.1, 0.15) is 17.5 Å². The molecule has 0 unspecified atom stereocenters. The molecular formula is C26H34Cl2N2O4. The van der Waals surface area contributed by atoms with Crippen molar-refractivity contribution < 1.29 is 19.1 Å². The number of hydrogen-bond acceptors (Lipinski definition) is 4. The van der Waals surface area contributed by atoms with E-state index in [2.05, 4.69) is 5.32 Å². The van der Waals surface area contributed by atoms with Crippen molar-refractivity contribution in [1.82, 2.24) is 10.2 Å². The number of hydrogen-bond donors (Lipinski definition) is 1. The Kier molecular flexibility index (Phi) is 11.5. The molecule has 2 rings (SSSR count). The van der Waals surface area contributed by atoms with Crippen LogP contribution in [0, 0.1) is 0 Å². The van der Waals surface area contributed by atoms with E-state index in [1.54, 1.807) is 30.2 Å². The molecule has 2 amide bonds. The summed E-state index contributed by atoms with van der Waals surface area (Å²) in [6.45, 7) is 6.36. The summed E-state index contributed by atoms with van der Waals surface area (Å²) in [6, 6.07) is 11.9. The van der Waals surface area contributed by atoms with Crippen LogP contribution in [-0.4, -0.2) is 42.5 Å². The Morgan fingerprint density at radius 1 is 1.00 bits per heavy atom. The molecule has 186 valence electrons. The van der Waals surface area contributed by atoms with Crippen LogP contribution in [0.4, 0.5) is 0 Å². The fourth-order valence-corrected chi connectivity index (χ4v) is 3.96. The predicted molar refractivity (Wildman–Crippen MR) is 137 cm³/mol. The summed E-state index contributed by atoms with van der Waals surface area (Å²) >= 11 is 12.8. The van der Waals surface area contributed by atoms with Crippen molar-refractivity contribution in [2.24, 2.45) is 0 Å². The summed E-state index contributed by atoms with van der Waals surface area (Å²) in [4.78, 5) is 27.9. The molecule has 0 aliphatic carbocycles. The molecule has 0 fully saturated rings. The summed E-state index contributed by atoms with van der Waals surface area (Å²) in [5.41, 5.74) is 0.628. The van der Waals surface area contributed by atoms with Crippen LogP contribution in [0.2, 0.25) is 10.0 Å². The van der Waals surface area contributed by atoms with E-state index in [9.17, 15) is 9.59 Å². The van der Waals surface area contributed by atoms with E-state index in [4.69, 9.17) is 32.7 Å². The number of benzene rings is 2. The smallest absolute Gasteiger partial charge is 0.243 e. The van der Waals surface area contributed by atoms with Gasteiger partial charge in [0, 0.05) is 34.6 Å². The number of halogens is 2. The Morgan fingerprint density at radius 2 is 1.62 bits per heavy atom. The molecule has 0 saturated carbocycles. The van der Waals surface area contributed by atoms with Crippen molar-refractivity contribution in [3.63, 3.8) is 0 Å². The standard InChI is InChI=1S/C26H34Cl2N2O4/c1-5-18(3)29-26(32)24(6-2)30(17-21-22(27)9-7-10-23(21)28)25(31)11-8-16-34-20-14-12-19(33-4)13-15-20/h7,9-10,12-15,18,24H,5-6,8,11,16-17H2,1-4H3,(H,29,32)/t18-,24+/m1/s1. The number of nitrogens with one attached hydrogen (secondary N) is 1. The van der Waals surface area contributed by atoms with E-state index in [1.165, 1.54) is 0 Å². The van der Waals surface area contributed by atoms with Crippen molar-refractivity contribution in [3.05, 3.63) is 58.1 Å². The molecule has 0 spiro atoms. The molecular weight excluding hydrogens is 475 g/mol. The first-order chi connectivity index (χ1) is 16.3. The molecule has 6 nitrogen and oxygen atoms in total. The fraction of sp³-hybridized carbons (Fsp3) is 0.462. The summed E-state index contributed by atoms with van der Waals surface area (Å²) < 4.78 is 10.9. The first kappa shape index (κ1) is 27.8. The highest BCUT2D eigenvalue weighted by Crippen LogP contribution is 2.27. The Morgan fingerprint density at radius 3 is 2.18 bits per heavy atom. The molecule has 2 aromatic rings. The molecule has 34 heavy (non-hydrogen) atoms. The molecule has 0 heterocycles. The zero-order chi connectivity index (χ0) is 25.1. The average Bonchev–Trinajstić information content (AvgIpc) is 2.83. The molecule has 0 saturated heterocycles. The lowest BCUT2D eigenvalue weighted by Crippen LogP contribution is -2.50. The van der Waals surface area contributed by atoms with Crippen LogP contribution in [0.5, 0.6) is 11.5 Å². The second kappa shape index (κ2) is 14.1. The van der Waals surface area contributed by atoms with Gasteiger partial charge in [0.05, 0.1) is 13.7 Å². The Hall–Kier alpha value is -2.44. The van der Waals surface area contributed by atoms with Crippen LogP contribution in [0.3, 0.4) is 0 Å². The van der Waals surface area contributed by atoms with Crippen molar-refractivity contribution in [2.75, 3.05) is 13.7 Å². The zero-order valence-electron chi connectivity index (χ0n) is 20.3. The van der Waals surface area contributed by atoms with E-state index < -0.39 is 6.04 Å². The number of amides is 2. The molecule has 0 aliphatic rings. The van der Waals surface area contributed by atoms with Crippen molar-refractivity contribution in [1.29, 1.82) is 0 Å². The second-order valence-electron chi connectivity index (χ2n) is 8.09. The lowest BCUT2D eigenvalue weighted by atomic mass is 10.1. The summed E-state index contributed by atoms with van der Waals surface area (Å²) in [5, 5.41) is 3.92. The van der Waals surface area contributed by atoms with Gasteiger partial charge in [-0.25, -0.2) is 0 Å². The highest BCUT2D eigenvalue weighted by Gasteiger charge is 2.30. The van der Waals surface area contributed by atoms with Gasteiger partial charge in [-0.15, -0.1) is 0 Å². The number of rotatable bonds is 13. The van der Waals surface area contributed by atoms with E-state index >= 15 is 0 Å². The van der Waals surface area contributed by atoms with Gasteiger partial charge in [-0.2, -0.15) is 0 Å². The third kappa shape index (κ3) is 8.10. The SMILES string of the molecule is CC[C@@H](C)NC(=O)[C@H](CC)N(Cc1c(Cl)cccc1Cl)C(=O)CCCOc1ccc(OC)cc1. The molecule has 0 aromatic heterocycles. The average molecular weight is 509 g/mol. The van der Waals surface area contributed by atoms with Gasteiger partial charge in [0.25, 0.3) is 0 Å². The van der Waals surface area contributed by atoms with Gasteiger partial charge >= 0.3 is 0 Å². The van der Waals surface area contributed by atoms with E-state index in [0.717, 1.165) is 12.2 Å². The summed E-state index contributed by atoms with van der Waals surface area (Å²) in [6.07, 6.45) is 2.00. The number of nitrogens with zero attached hydrogens (tertiary/aromatic N) is 1. The maximum atomic E-state index is 13.3. The van der Waals surface area contributed by atoms with Crippen molar-refractivity contribution in [2.45, 2.75) is 65.1 Å². The molecule has 2 aromatic carbocycles. The monoisotopic (exact) mass is 508 g/mol. The van der Waals surface area contributed by atoms with Gasteiger partial charge in [-0.1, -0.05) is 43.1 Å². The number of carbonyl (C=O) groups excluding carboxylic acids is 2. The topological polar surface area (TPSA) is 67.9 Å². The second-order valence-corrected chi connectivity index (χ2v) is 8.91. The third-order valence-electron chi connectivity index (χ3n) is 5.64. The van der Waals surface area contributed by atoms with Crippen LogP contribution in [0.25, 0.3) is 0 Å². The maximum Gasteiger partial charge on any atom is 0.243 e. The quantitative estimate of drug-likeness (QED) is 0.343. The first-order valence-electron chi connectivity index (χ1n) is 11.6.